The van der Waals surface area contributed by atoms with Gasteiger partial charge in [-0.3, -0.25) is 0 Å². The maximum Gasteiger partial charge on any atom is 0.0438 e. The lowest BCUT2D eigenvalue weighted by Gasteiger charge is -2.17. The molecule has 0 fully saturated rings. The highest BCUT2D eigenvalue weighted by Crippen LogP contribution is 2.17. The van der Waals surface area contributed by atoms with Crippen molar-refractivity contribution in [2.75, 3.05) is 6.54 Å². The van der Waals surface area contributed by atoms with Gasteiger partial charge in [0.15, 0.2) is 0 Å². The van der Waals surface area contributed by atoms with Gasteiger partial charge < -0.3 is 5.32 Å². The van der Waals surface area contributed by atoms with Crippen LogP contribution in [0.15, 0.2) is 36.9 Å². The van der Waals surface area contributed by atoms with Crippen molar-refractivity contribution < 1.29 is 0 Å². The Morgan fingerprint density at radius 2 is 2.19 bits per heavy atom. The van der Waals surface area contributed by atoms with E-state index in [4.69, 9.17) is 11.6 Å². The van der Waals surface area contributed by atoms with Gasteiger partial charge in [-0.1, -0.05) is 42.8 Å². The summed E-state index contributed by atoms with van der Waals surface area (Å²) in [5.74, 6) is 0. The lowest BCUT2D eigenvalue weighted by atomic mass is 10.0. The van der Waals surface area contributed by atoms with Crippen molar-refractivity contribution in [3.63, 3.8) is 0 Å². The quantitative estimate of drug-likeness (QED) is 0.711. The van der Waals surface area contributed by atoms with Crippen LogP contribution < -0.4 is 5.32 Å². The number of hydrogen-bond acceptors (Lipinski definition) is 1. The summed E-state index contributed by atoms with van der Waals surface area (Å²) < 4.78 is 0. The Morgan fingerprint density at radius 3 is 2.81 bits per heavy atom. The molecule has 2 heteroatoms. The van der Waals surface area contributed by atoms with E-state index in [9.17, 15) is 0 Å². The fraction of sp³-hybridized carbons (Fsp3) is 0.429. The summed E-state index contributed by atoms with van der Waals surface area (Å²) in [5, 5.41) is 4.37. The minimum absolute atomic E-state index is 0.442. The summed E-state index contributed by atoms with van der Waals surface area (Å²) in [6.45, 7) is 7.02. The molecule has 1 rings (SSSR count). The van der Waals surface area contributed by atoms with E-state index in [1.54, 1.807) is 0 Å². The minimum Gasteiger partial charge on any atom is -0.313 e. The number of halogens is 1. The second kappa shape index (κ2) is 7.48. The van der Waals surface area contributed by atoms with Crippen LogP contribution in [-0.2, 0) is 6.42 Å². The molecule has 0 saturated heterocycles. The van der Waals surface area contributed by atoms with Crippen LogP contribution in [-0.4, -0.2) is 12.6 Å². The molecule has 0 heterocycles. The normalized spacial score (nSPS) is 12.4. The fourth-order valence-electron chi connectivity index (χ4n) is 1.72. The molecule has 0 saturated carbocycles. The molecule has 0 aliphatic heterocycles. The van der Waals surface area contributed by atoms with E-state index >= 15 is 0 Å². The van der Waals surface area contributed by atoms with Gasteiger partial charge in [0.2, 0.25) is 0 Å². The molecule has 0 aliphatic rings. The maximum atomic E-state index is 6.15. The Morgan fingerprint density at radius 1 is 1.44 bits per heavy atom. The zero-order chi connectivity index (χ0) is 11.8. The molecule has 0 aromatic heterocycles. The molecule has 0 spiro atoms. The van der Waals surface area contributed by atoms with Crippen molar-refractivity contribution in [1.29, 1.82) is 0 Å². The van der Waals surface area contributed by atoms with E-state index in [1.165, 1.54) is 5.56 Å². The highest BCUT2D eigenvalue weighted by atomic mass is 35.5. The van der Waals surface area contributed by atoms with Crippen molar-refractivity contribution in [3.05, 3.63) is 47.5 Å². The minimum atomic E-state index is 0.442. The van der Waals surface area contributed by atoms with E-state index in [0.29, 0.717) is 6.04 Å². The third-order valence-electron chi connectivity index (χ3n) is 2.56. The summed E-state index contributed by atoms with van der Waals surface area (Å²) in [5.41, 5.74) is 1.21. The molecule has 1 unspecified atom stereocenters. The van der Waals surface area contributed by atoms with Gasteiger partial charge in [-0.15, -0.1) is 6.58 Å². The average molecular weight is 238 g/mol. The first kappa shape index (κ1) is 13.3. The maximum absolute atomic E-state index is 6.15. The molecule has 1 aromatic carbocycles. The number of nitrogens with one attached hydrogen (secondary N) is 1. The van der Waals surface area contributed by atoms with E-state index < -0.39 is 0 Å². The molecule has 1 N–H and O–H groups in total. The Balaban J connectivity index is 2.60. The zero-order valence-electron chi connectivity index (χ0n) is 9.88. The van der Waals surface area contributed by atoms with Crippen LogP contribution in [0.1, 0.15) is 25.3 Å². The molecule has 1 nitrogen and oxygen atoms in total. The van der Waals surface area contributed by atoms with Gasteiger partial charge in [-0.2, -0.15) is 0 Å². The van der Waals surface area contributed by atoms with Gasteiger partial charge in [0.25, 0.3) is 0 Å². The van der Waals surface area contributed by atoms with Crippen LogP contribution in [0.2, 0.25) is 5.02 Å². The van der Waals surface area contributed by atoms with Crippen LogP contribution in [0, 0.1) is 0 Å². The smallest absolute Gasteiger partial charge is 0.0438 e. The predicted molar refractivity (Wildman–Crippen MR) is 72.1 cm³/mol. The molecule has 88 valence electrons. The molecule has 1 aromatic rings. The monoisotopic (exact) mass is 237 g/mol. The second-order valence-corrected chi connectivity index (χ2v) is 4.38. The van der Waals surface area contributed by atoms with Crippen LogP contribution in [0.3, 0.4) is 0 Å². The van der Waals surface area contributed by atoms with E-state index in [1.807, 2.05) is 24.3 Å². The first-order chi connectivity index (χ1) is 7.77. The van der Waals surface area contributed by atoms with Gasteiger partial charge in [0.1, 0.15) is 0 Å². The summed E-state index contributed by atoms with van der Waals surface area (Å²) in [6.07, 6.45) is 5.05. The molecular formula is C14H20ClN. The van der Waals surface area contributed by atoms with Crippen LogP contribution in [0.5, 0.6) is 0 Å². The SMILES string of the molecule is C=CCC(Cc1ccccc1Cl)NCCC. The van der Waals surface area contributed by atoms with Gasteiger partial charge in [0.05, 0.1) is 0 Å². The first-order valence-corrected chi connectivity index (χ1v) is 6.23. The number of benzene rings is 1. The third kappa shape index (κ3) is 4.38. The first-order valence-electron chi connectivity index (χ1n) is 5.85. The highest BCUT2D eigenvalue weighted by Gasteiger charge is 2.08. The zero-order valence-corrected chi connectivity index (χ0v) is 10.6. The highest BCUT2D eigenvalue weighted by molar-refractivity contribution is 6.31. The third-order valence-corrected chi connectivity index (χ3v) is 2.93. The Kier molecular flexibility index (Phi) is 6.20. The average Bonchev–Trinajstić information content (AvgIpc) is 2.29. The lowest BCUT2D eigenvalue weighted by molar-refractivity contribution is 0.512. The molecule has 0 aliphatic carbocycles. The summed E-state index contributed by atoms with van der Waals surface area (Å²) >= 11 is 6.15. The Hall–Kier alpha value is -0.790. The summed E-state index contributed by atoms with van der Waals surface area (Å²) in [6, 6.07) is 8.48. The number of hydrogen-bond donors (Lipinski definition) is 1. The lowest BCUT2D eigenvalue weighted by Crippen LogP contribution is -2.31. The second-order valence-electron chi connectivity index (χ2n) is 3.97. The molecule has 0 radical (unpaired) electrons. The summed E-state index contributed by atoms with van der Waals surface area (Å²) in [7, 11) is 0. The molecule has 16 heavy (non-hydrogen) atoms. The van der Waals surface area contributed by atoms with Gasteiger partial charge >= 0.3 is 0 Å². The molecule has 0 bridgehead atoms. The Bertz CT molecular complexity index is 322. The van der Waals surface area contributed by atoms with Gasteiger partial charge in [0, 0.05) is 11.1 Å². The van der Waals surface area contributed by atoms with Gasteiger partial charge in [-0.25, -0.2) is 0 Å². The standard InChI is InChI=1S/C14H20ClN/c1-3-7-13(16-10-4-2)11-12-8-5-6-9-14(12)15/h3,5-6,8-9,13,16H,1,4,7,10-11H2,2H3. The predicted octanol–water partition coefficient (Wildman–Crippen LogP) is 3.83. The largest absolute Gasteiger partial charge is 0.313 e. The van der Waals surface area contributed by atoms with Crippen molar-refractivity contribution in [1.82, 2.24) is 5.32 Å². The number of rotatable bonds is 7. The van der Waals surface area contributed by atoms with Crippen molar-refractivity contribution in [3.8, 4) is 0 Å². The van der Waals surface area contributed by atoms with Crippen molar-refractivity contribution >= 4 is 11.6 Å². The molecule has 0 amide bonds. The van der Waals surface area contributed by atoms with Gasteiger partial charge in [-0.05, 0) is 37.4 Å². The summed E-state index contributed by atoms with van der Waals surface area (Å²) in [4.78, 5) is 0. The van der Waals surface area contributed by atoms with E-state index in [0.717, 1.165) is 30.8 Å². The molecular weight excluding hydrogens is 218 g/mol. The topological polar surface area (TPSA) is 12.0 Å². The molecule has 1 atom stereocenters. The van der Waals surface area contributed by atoms with E-state index in [2.05, 4.69) is 24.9 Å². The van der Waals surface area contributed by atoms with Crippen LogP contribution in [0.25, 0.3) is 0 Å². The van der Waals surface area contributed by atoms with Crippen LogP contribution >= 0.6 is 11.6 Å². The van der Waals surface area contributed by atoms with E-state index in [-0.39, 0.29) is 0 Å². The van der Waals surface area contributed by atoms with Crippen molar-refractivity contribution in [2.45, 2.75) is 32.2 Å². The Labute approximate surface area is 104 Å². The fourth-order valence-corrected chi connectivity index (χ4v) is 1.93. The van der Waals surface area contributed by atoms with Crippen molar-refractivity contribution in [2.24, 2.45) is 0 Å². The van der Waals surface area contributed by atoms with Crippen LogP contribution in [0.4, 0.5) is 0 Å².